The Morgan fingerprint density at radius 2 is 2.10 bits per heavy atom. The van der Waals surface area contributed by atoms with Crippen LogP contribution in [-0.4, -0.2) is 13.0 Å². The number of nitrogens with one attached hydrogen (secondary N) is 1. The van der Waals surface area contributed by atoms with E-state index in [0.717, 1.165) is 31.6 Å². The van der Waals surface area contributed by atoms with Crippen molar-refractivity contribution in [3.8, 4) is 11.8 Å². The number of rotatable bonds is 4. The molecule has 0 bridgehead atoms. The number of amides is 1. The molecule has 0 unspecified atom stereocenters. The van der Waals surface area contributed by atoms with E-state index >= 15 is 0 Å². The van der Waals surface area contributed by atoms with Crippen molar-refractivity contribution in [2.24, 2.45) is 11.8 Å². The zero-order valence-electron chi connectivity index (χ0n) is 12.7. The van der Waals surface area contributed by atoms with Crippen LogP contribution < -0.4 is 10.1 Å². The number of benzene rings is 1. The fourth-order valence-corrected chi connectivity index (χ4v) is 2.94. The summed E-state index contributed by atoms with van der Waals surface area (Å²) in [7, 11) is 1.52. The molecule has 112 valence electrons. The van der Waals surface area contributed by atoms with Gasteiger partial charge in [-0.1, -0.05) is 13.3 Å². The molecule has 1 aliphatic rings. The molecular weight excluding hydrogens is 264 g/mol. The van der Waals surface area contributed by atoms with E-state index in [0.29, 0.717) is 17.0 Å². The Hall–Kier alpha value is -2.02. The zero-order valence-corrected chi connectivity index (χ0v) is 12.7. The molecule has 0 atom stereocenters. The second-order valence-corrected chi connectivity index (χ2v) is 5.64. The van der Waals surface area contributed by atoms with Gasteiger partial charge in [0.2, 0.25) is 5.91 Å². The molecule has 1 saturated carbocycles. The molecule has 1 amide bonds. The molecule has 0 heterocycles. The van der Waals surface area contributed by atoms with Crippen LogP contribution in [0, 0.1) is 23.2 Å². The van der Waals surface area contributed by atoms with Crippen molar-refractivity contribution < 1.29 is 9.53 Å². The van der Waals surface area contributed by atoms with Gasteiger partial charge in [-0.15, -0.1) is 0 Å². The van der Waals surface area contributed by atoms with Crippen molar-refractivity contribution in [3.05, 3.63) is 23.8 Å². The molecule has 0 aliphatic heterocycles. The Kier molecular flexibility index (Phi) is 5.21. The van der Waals surface area contributed by atoms with Crippen molar-refractivity contribution >= 4 is 11.6 Å². The van der Waals surface area contributed by atoms with Crippen molar-refractivity contribution in [3.63, 3.8) is 0 Å². The molecular formula is C17H22N2O2. The van der Waals surface area contributed by atoms with Gasteiger partial charge < -0.3 is 10.1 Å². The lowest BCUT2D eigenvalue weighted by molar-refractivity contribution is -0.121. The fourth-order valence-electron chi connectivity index (χ4n) is 2.94. The van der Waals surface area contributed by atoms with Crippen molar-refractivity contribution in [2.75, 3.05) is 12.4 Å². The van der Waals surface area contributed by atoms with Gasteiger partial charge in [0.25, 0.3) is 0 Å². The number of hydrogen-bond donors (Lipinski definition) is 1. The molecule has 0 saturated heterocycles. The van der Waals surface area contributed by atoms with Gasteiger partial charge in [0.15, 0.2) is 0 Å². The van der Waals surface area contributed by atoms with Crippen LogP contribution in [-0.2, 0) is 4.79 Å². The number of nitriles is 1. The molecule has 2 rings (SSSR count). The first-order valence-corrected chi connectivity index (χ1v) is 7.57. The fraction of sp³-hybridized carbons (Fsp3) is 0.529. The second kappa shape index (κ2) is 7.12. The predicted octanol–water partition coefficient (Wildman–Crippen LogP) is 3.72. The summed E-state index contributed by atoms with van der Waals surface area (Å²) in [6, 6.07) is 7.18. The number of anilines is 1. The maximum atomic E-state index is 12.3. The Bertz CT molecular complexity index is 540. The van der Waals surface area contributed by atoms with Crippen LogP contribution >= 0.6 is 0 Å². The first-order chi connectivity index (χ1) is 10.2. The van der Waals surface area contributed by atoms with Crippen molar-refractivity contribution in [1.82, 2.24) is 0 Å². The third-order valence-corrected chi connectivity index (χ3v) is 4.38. The first kappa shape index (κ1) is 15.4. The standard InChI is InChI=1S/C17H22N2O2/c1-3-12-4-6-13(7-5-12)17(20)19-15-9-8-14(11-18)16(10-15)21-2/h8-10,12-13H,3-7H2,1-2H3,(H,19,20). The molecule has 0 spiro atoms. The minimum absolute atomic E-state index is 0.0799. The molecule has 4 heteroatoms. The number of carbonyl (C=O) groups is 1. The van der Waals surface area contributed by atoms with Crippen LogP contribution in [0.4, 0.5) is 5.69 Å². The highest BCUT2D eigenvalue weighted by molar-refractivity contribution is 5.92. The molecule has 4 nitrogen and oxygen atoms in total. The highest BCUT2D eigenvalue weighted by Crippen LogP contribution is 2.31. The number of carbonyl (C=O) groups excluding carboxylic acids is 1. The first-order valence-electron chi connectivity index (χ1n) is 7.57. The minimum Gasteiger partial charge on any atom is -0.495 e. The van der Waals surface area contributed by atoms with E-state index in [1.54, 1.807) is 18.2 Å². The Labute approximate surface area is 126 Å². The second-order valence-electron chi connectivity index (χ2n) is 5.64. The van der Waals surface area contributed by atoms with Crippen LogP contribution in [0.25, 0.3) is 0 Å². The van der Waals surface area contributed by atoms with Crippen LogP contribution in [0.3, 0.4) is 0 Å². The molecule has 21 heavy (non-hydrogen) atoms. The average molecular weight is 286 g/mol. The predicted molar refractivity (Wildman–Crippen MR) is 82.1 cm³/mol. The molecule has 1 aromatic rings. The monoisotopic (exact) mass is 286 g/mol. The van der Waals surface area contributed by atoms with Crippen LogP contribution in [0.2, 0.25) is 0 Å². The zero-order chi connectivity index (χ0) is 15.2. The summed E-state index contributed by atoms with van der Waals surface area (Å²) in [6.07, 6.45) is 5.44. The lowest BCUT2D eigenvalue weighted by Crippen LogP contribution is -2.27. The van der Waals surface area contributed by atoms with E-state index in [2.05, 4.69) is 18.3 Å². The van der Waals surface area contributed by atoms with Gasteiger partial charge in [-0.05, 0) is 43.7 Å². The van der Waals surface area contributed by atoms with Crippen molar-refractivity contribution in [2.45, 2.75) is 39.0 Å². The largest absolute Gasteiger partial charge is 0.495 e. The molecule has 1 aliphatic carbocycles. The quantitative estimate of drug-likeness (QED) is 0.917. The topological polar surface area (TPSA) is 62.1 Å². The summed E-state index contributed by atoms with van der Waals surface area (Å²) in [5, 5.41) is 11.9. The summed E-state index contributed by atoms with van der Waals surface area (Å²) in [6.45, 7) is 2.22. The van der Waals surface area contributed by atoms with E-state index in [4.69, 9.17) is 10.00 Å². The Balaban J connectivity index is 1.99. The van der Waals surface area contributed by atoms with E-state index in [1.165, 1.54) is 13.5 Å². The Morgan fingerprint density at radius 3 is 2.67 bits per heavy atom. The van der Waals surface area contributed by atoms with Crippen LogP contribution in [0.15, 0.2) is 18.2 Å². The summed E-state index contributed by atoms with van der Waals surface area (Å²) in [4.78, 5) is 12.3. The SMILES string of the molecule is CCC1CCC(C(=O)Nc2ccc(C#N)c(OC)c2)CC1. The van der Waals surface area contributed by atoms with Gasteiger partial charge in [0.1, 0.15) is 11.8 Å². The van der Waals surface area contributed by atoms with Crippen molar-refractivity contribution in [1.29, 1.82) is 5.26 Å². The molecule has 0 aromatic heterocycles. The van der Waals surface area contributed by atoms with Gasteiger partial charge in [-0.2, -0.15) is 5.26 Å². The number of methoxy groups -OCH3 is 1. The molecule has 1 fully saturated rings. The molecule has 1 N–H and O–H groups in total. The highest BCUT2D eigenvalue weighted by atomic mass is 16.5. The average Bonchev–Trinajstić information content (AvgIpc) is 2.54. The van der Waals surface area contributed by atoms with Gasteiger partial charge in [0.05, 0.1) is 12.7 Å². The summed E-state index contributed by atoms with van der Waals surface area (Å²) >= 11 is 0. The summed E-state index contributed by atoms with van der Waals surface area (Å²) < 4.78 is 5.16. The van der Waals surface area contributed by atoms with Gasteiger partial charge in [-0.25, -0.2) is 0 Å². The number of ether oxygens (including phenoxy) is 1. The smallest absolute Gasteiger partial charge is 0.227 e. The van der Waals surface area contributed by atoms with E-state index in [9.17, 15) is 4.79 Å². The third kappa shape index (κ3) is 3.75. The van der Waals surface area contributed by atoms with Crippen LogP contribution in [0.5, 0.6) is 5.75 Å². The van der Waals surface area contributed by atoms with Crippen LogP contribution in [0.1, 0.15) is 44.6 Å². The highest BCUT2D eigenvalue weighted by Gasteiger charge is 2.25. The van der Waals surface area contributed by atoms with Gasteiger partial charge in [0, 0.05) is 17.7 Å². The maximum Gasteiger partial charge on any atom is 0.227 e. The van der Waals surface area contributed by atoms with E-state index in [-0.39, 0.29) is 11.8 Å². The minimum atomic E-state index is 0.0799. The number of hydrogen-bond acceptors (Lipinski definition) is 3. The van der Waals surface area contributed by atoms with E-state index < -0.39 is 0 Å². The van der Waals surface area contributed by atoms with E-state index in [1.807, 2.05) is 0 Å². The van der Waals surface area contributed by atoms with Gasteiger partial charge in [-0.3, -0.25) is 4.79 Å². The Morgan fingerprint density at radius 1 is 1.38 bits per heavy atom. The normalized spacial score (nSPS) is 21.4. The third-order valence-electron chi connectivity index (χ3n) is 4.38. The molecule has 0 radical (unpaired) electrons. The van der Waals surface area contributed by atoms with Gasteiger partial charge >= 0.3 is 0 Å². The summed E-state index contributed by atoms with van der Waals surface area (Å²) in [5.74, 6) is 1.46. The lowest BCUT2D eigenvalue weighted by Gasteiger charge is -2.26. The summed E-state index contributed by atoms with van der Waals surface area (Å²) in [5.41, 5.74) is 1.16. The maximum absolute atomic E-state index is 12.3. The lowest BCUT2D eigenvalue weighted by atomic mass is 9.80. The molecule has 1 aromatic carbocycles. The number of nitrogens with zero attached hydrogens (tertiary/aromatic N) is 1.